The number of hydrogen-bond acceptors (Lipinski definition) is 6. The quantitative estimate of drug-likeness (QED) is 0.745. The molecule has 112 valence electrons. The fraction of sp³-hybridized carbons (Fsp3) is 0.714. The van der Waals surface area contributed by atoms with Gasteiger partial charge < -0.3 is 20.7 Å². The molecular formula is C14H25N5O. The molecule has 1 aliphatic carbocycles. The van der Waals surface area contributed by atoms with E-state index in [4.69, 9.17) is 10.5 Å². The lowest BCUT2D eigenvalue weighted by molar-refractivity contribution is 0.163. The van der Waals surface area contributed by atoms with Crippen molar-refractivity contribution in [2.24, 2.45) is 0 Å². The van der Waals surface area contributed by atoms with Crippen LogP contribution in [0.4, 0.5) is 11.6 Å². The number of likely N-dealkylation sites (N-methyl/N-ethyl adjacent to an activating group) is 1. The molecule has 0 saturated heterocycles. The summed E-state index contributed by atoms with van der Waals surface area (Å²) in [6.07, 6.45) is 2.36. The second-order valence-electron chi connectivity index (χ2n) is 5.44. The summed E-state index contributed by atoms with van der Waals surface area (Å²) in [7, 11) is 3.80. The molecule has 1 fully saturated rings. The third-order valence-corrected chi connectivity index (χ3v) is 3.61. The van der Waals surface area contributed by atoms with Gasteiger partial charge in [0.05, 0.1) is 6.61 Å². The molecule has 0 spiro atoms. The Labute approximate surface area is 120 Å². The van der Waals surface area contributed by atoms with Crippen molar-refractivity contribution in [1.82, 2.24) is 14.9 Å². The van der Waals surface area contributed by atoms with E-state index in [1.54, 1.807) is 7.11 Å². The molecule has 0 bridgehead atoms. The lowest BCUT2D eigenvalue weighted by Crippen LogP contribution is -2.28. The van der Waals surface area contributed by atoms with Gasteiger partial charge in [0.2, 0.25) is 0 Å². The molecule has 0 aliphatic heterocycles. The summed E-state index contributed by atoms with van der Waals surface area (Å²) in [5.41, 5.74) is 6.91. The largest absolute Gasteiger partial charge is 0.383 e. The van der Waals surface area contributed by atoms with E-state index < -0.39 is 0 Å². The molecule has 1 heterocycles. The smallest absolute Gasteiger partial charge is 0.136 e. The SMILES string of the molecule is COCCN(C)CCNc1nc(C2CC2)nc(N)c1C. The van der Waals surface area contributed by atoms with Crippen LogP contribution < -0.4 is 11.1 Å². The maximum Gasteiger partial charge on any atom is 0.136 e. The van der Waals surface area contributed by atoms with Crippen LogP contribution in [-0.4, -0.2) is 55.3 Å². The molecule has 3 N–H and O–H groups in total. The summed E-state index contributed by atoms with van der Waals surface area (Å²) < 4.78 is 5.06. The van der Waals surface area contributed by atoms with Crippen LogP contribution in [0.3, 0.4) is 0 Å². The highest BCUT2D eigenvalue weighted by atomic mass is 16.5. The maximum absolute atomic E-state index is 5.97. The first-order valence-corrected chi connectivity index (χ1v) is 7.17. The Balaban J connectivity index is 1.88. The van der Waals surface area contributed by atoms with Crippen LogP contribution in [-0.2, 0) is 4.74 Å². The average Bonchev–Trinajstić information content (AvgIpc) is 3.25. The molecule has 0 radical (unpaired) electrons. The summed E-state index contributed by atoms with van der Waals surface area (Å²) in [6, 6.07) is 0. The first-order valence-electron chi connectivity index (χ1n) is 7.17. The molecule has 1 aliphatic rings. The van der Waals surface area contributed by atoms with Crippen LogP contribution in [0.5, 0.6) is 0 Å². The minimum atomic E-state index is 0.517. The predicted molar refractivity (Wildman–Crippen MR) is 81.0 cm³/mol. The van der Waals surface area contributed by atoms with Gasteiger partial charge in [0.1, 0.15) is 17.5 Å². The highest BCUT2D eigenvalue weighted by Crippen LogP contribution is 2.39. The summed E-state index contributed by atoms with van der Waals surface area (Å²) >= 11 is 0. The van der Waals surface area contributed by atoms with E-state index in [-0.39, 0.29) is 0 Å². The molecule has 0 atom stereocenters. The van der Waals surface area contributed by atoms with Gasteiger partial charge in [-0.3, -0.25) is 0 Å². The molecule has 1 saturated carbocycles. The van der Waals surface area contributed by atoms with Crippen molar-refractivity contribution < 1.29 is 4.74 Å². The minimum absolute atomic E-state index is 0.517. The summed E-state index contributed by atoms with van der Waals surface area (Å²) in [5.74, 6) is 2.88. The summed E-state index contributed by atoms with van der Waals surface area (Å²) in [6.45, 7) is 5.41. The monoisotopic (exact) mass is 279 g/mol. The second-order valence-corrected chi connectivity index (χ2v) is 5.44. The van der Waals surface area contributed by atoms with Crippen LogP contribution >= 0.6 is 0 Å². The molecule has 6 heteroatoms. The number of rotatable bonds is 8. The molecule has 2 rings (SSSR count). The van der Waals surface area contributed by atoms with Gasteiger partial charge in [0, 0.05) is 38.2 Å². The number of nitrogen functional groups attached to an aromatic ring is 1. The van der Waals surface area contributed by atoms with Crippen LogP contribution in [0.1, 0.15) is 30.1 Å². The lowest BCUT2D eigenvalue weighted by Gasteiger charge is -2.17. The van der Waals surface area contributed by atoms with Crippen LogP contribution in [0, 0.1) is 6.92 Å². The Morgan fingerprint density at radius 2 is 2.10 bits per heavy atom. The van der Waals surface area contributed by atoms with Crippen molar-refractivity contribution in [3.05, 3.63) is 11.4 Å². The van der Waals surface area contributed by atoms with Crippen LogP contribution in [0.25, 0.3) is 0 Å². The fourth-order valence-corrected chi connectivity index (χ4v) is 1.97. The van der Waals surface area contributed by atoms with Gasteiger partial charge in [0.25, 0.3) is 0 Å². The Hall–Kier alpha value is -1.40. The Bertz CT molecular complexity index is 447. The zero-order valence-electron chi connectivity index (χ0n) is 12.6. The van der Waals surface area contributed by atoms with E-state index in [9.17, 15) is 0 Å². The third-order valence-electron chi connectivity index (χ3n) is 3.61. The average molecular weight is 279 g/mol. The van der Waals surface area contributed by atoms with Gasteiger partial charge in [-0.05, 0) is 26.8 Å². The number of aromatic nitrogens is 2. The highest BCUT2D eigenvalue weighted by Gasteiger charge is 2.27. The van der Waals surface area contributed by atoms with Gasteiger partial charge in [0.15, 0.2) is 0 Å². The van der Waals surface area contributed by atoms with Gasteiger partial charge in [-0.25, -0.2) is 9.97 Å². The van der Waals surface area contributed by atoms with E-state index in [0.717, 1.165) is 43.4 Å². The molecule has 1 aromatic heterocycles. The lowest BCUT2D eigenvalue weighted by atomic mass is 10.3. The standard InChI is InChI=1S/C14H25N5O/c1-10-12(15)17-14(11-4-5-11)18-13(10)16-6-7-19(2)8-9-20-3/h11H,4-9H2,1-3H3,(H3,15,16,17,18). The van der Waals surface area contributed by atoms with Crippen molar-refractivity contribution in [3.8, 4) is 0 Å². The molecule has 1 aromatic rings. The number of nitrogens with zero attached hydrogens (tertiary/aromatic N) is 3. The molecule has 6 nitrogen and oxygen atoms in total. The maximum atomic E-state index is 5.97. The van der Waals surface area contributed by atoms with Gasteiger partial charge in [-0.2, -0.15) is 0 Å². The Morgan fingerprint density at radius 3 is 2.75 bits per heavy atom. The third kappa shape index (κ3) is 4.05. The number of methoxy groups -OCH3 is 1. The molecule has 20 heavy (non-hydrogen) atoms. The van der Waals surface area contributed by atoms with Gasteiger partial charge in [-0.15, -0.1) is 0 Å². The number of nitrogens with two attached hydrogens (primary N) is 1. The zero-order valence-corrected chi connectivity index (χ0v) is 12.6. The molecule has 0 amide bonds. The van der Waals surface area contributed by atoms with E-state index >= 15 is 0 Å². The highest BCUT2D eigenvalue weighted by molar-refractivity contribution is 5.55. The zero-order chi connectivity index (χ0) is 14.5. The van der Waals surface area contributed by atoms with Crippen molar-refractivity contribution in [3.63, 3.8) is 0 Å². The summed E-state index contributed by atoms with van der Waals surface area (Å²) in [5, 5.41) is 3.37. The number of anilines is 2. The topological polar surface area (TPSA) is 76.3 Å². The van der Waals surface area contributed by atoms with Gasteiger partial charge >= 0.3 is 0 Å². The van der Waals surface area contributed by atoms with E-state index in [1.807, 2.05) is 6.92 Å². The second kappa shape index (κ2) is 6.85. The predicted octanol–water partition coefficient (Wildman–Crippen LogP) is 1.23. The van der Waals surface area contributed by atoms with Crippen molar-refractivity contribution in [2.45, 2.75) is 25.7 Å². The van der Waals surface area contributed by atoms with Crippen molar-refractivity contribution >= 4 is 11.6 Å². The number of nitrogens with one attached hydrogen (secondary N) is 1. The van der Waals surface area contributed by atoms with Crippen LogP contribution in [0.15, 0.2) is 0 Å². The van der Waals surface area contributed by atoms with Gasteiger partial charge in [-0.1, -0.05) is 0 Å². The Morgan fingerprint density at radius 1 is 1.35 bits per heavy atom. The first kappa shape index (κ1) is 15.0. The van der Waals surface area contributed by atoms with E-state index in [1.165, 1.54) is 12.8 Å². The van der Waals surface area contributed by atoms with E-state index in [2.05, 4.69) is 27.2 Å². The van der Waals surface area contributed by atoms with Crippen molar-refractivity contribution in [2.75, 3.05) is 51.4 Å². The molecule has 0 unspecified atom stereocenters. The molecule has 0 aromatic carbocycles. The first-order chi connectivity index (χ1) is 9.61. The van der Waals surface area contributed by atoms with Crippen molar-refractivity contribution in [1.29, 1.82) is 0 Å². The number of ether oxygens (including phenoxy) is 1. The summed E-state index contributed by atoms with van der Waals surface area (Å²) in [4.78, 5) is 11.2. The minimum Gasteiger partial charge on any atom is -0.383 e. The number of hydrogen-bond donors (Lipinski definition) is 2. The van der Waals surface area contributed by atoms with E-state index in [0.29, 0.717) is 11.7 Å². The van der Waals surface area contributed by atoms with Crippen LogP contribution in [0.2, 0.25) is 0 Å². The Kier molecular flexibility index (Phi) is 5.14. The molecular weight excluding hydrogens is 254 g/mol. The fourth-order valence-electron chi connectivity index (χ4n) is 1.97. The normalized spacial score (nSPS) is 14.8.